The van der Waals surface area contributed by atoms with E-state index in [4.69, 9.17) is 4.74 Å². The van der Waals surface area contributed by atoms with Gasteiger partial charge in [-0.1, -0.05) is 12.8 Å². The number of amides is 2. The molecule has 2 aliphatic heterocycles. The van der Waals surface area contributed by atoms with Crippen LogP contribution in [0.5, 0.6) is 0 Å². The van der Waals surface area contributed by atoms with Gasteiger partial charge in [0.25, 0.3) is 0 Å². The van der Waals surface area contributed by atoms with Crippen LogP contribution in [0.15, 0.2) is 0 Å². The number of hydrogen-bond acceptors (Lipinski definition) is 3. The summed E-state index contributed by atoms with van der Waals surface area (Å²) in [5.74, 6) is 0.263. The molecular formula is C14H21NO3. The average molecular weight is 251 g/mol. The molecule has 3 fully saturated rings. The highest BCUT2D eigenvalue weighted by molar-refractivity contribution is 6.00. The number of piperidine rings is 1. The summed E-state index contributed by atoms with van der Waals surface area (Å²) in [7, 11) is 0. The number of ether oxygens (including phenoxy) is 1. The molecule has 4 nitrogen and oxygen atoms in total. The first-order valence-electron chi connectivity index (χ1n) is 7.09. The maximum Gasteiger partial charge on any atom is 0.230 e. The maximum atomic E-state index is 12.3. The molecule has 0 radical (unpaired) electrons. The normalized spacial score (nSPS) is 41.6. The molecule has 2 saturated heterocycles. The predicted octanol–water partition coefficient (Wildman–Crippen LogP) is 1.63. The van der Waals surface area contributed by atoms with Crippen molar-refractivity contribution >= 4 is 11.8 Å². The summed E-state index contributed by atoms with van der Waals surface area (Å²) in [5, 5.41) is 2.54. The SMILES string of the molecule is CC1OCCC12CC(=O)NC(=O)C2C1CCCC1. The van der Waals surface area contributed by atoms with Gasteiger partial charge in [0.2, 0.25) is 11.8 Å². The number of carbonyl (C=O) groups excluding carboxylic acids is 2. The Labute approximate surface area is 107 Å². The molecule has 0 bridgehead atoms. The van der Waals surface area contributed by atoms with Crippen molar-refractivity contribution in [3.63, 3.8) is 0 Å². The van der Waals surface area contributed by atoms with Gasteiger partial charge in [0.05, 0.1) is 6.10 Å². The maximum absolute atomic E-state index is 12.3. The molecule has 2 heterocycles. The molecule has 18 heavy (non-hydrogen) atoms. The lowest BCUT2D eigenvalue weighted by Gasteiger charge is -2.44. The number of rotatable bonds is 1. The van der Waals surface area contributed by atoms with Crippen LogP contribution in [0.2, 0.25) is 0 Å². The van der Waals surface area contributed by atoms with Gasteiger partial charge in [0.15, 0.2) is 0 Å². The standard InChI is InChI=1S/C14H21NO3/c1-9-14(6-7-18-9)8-11(16)15-13(17)12(14)10-4-2-3-5-10/h9-10,12H,2-8H2,1H3,(H,15,16,17). The minimum Gasteiger partial charge on any atom is -0.378 e. The second kappa shape index (κ2) is 4.34. The molecule has 1 aliphatic carbocycles. The van der Waals surface area contributed by atoms with E-state index in [1.807, 2.05) is 6.92 Å². The Kier molecular flexibility index (Phi) is 2.93. The van der Waals surface area contributed by atoms with Crippen LogP contribution < -0.4 is 5.32 Å². The van der Waals surface area contributed by atoms with E-state index in [0.29, 0.717) is 18.9 Å². The lowest BCUT2D eigenvalue weighted by Crippen LogP contribution is -2.56. The van der Waals surface area contributed by atoms with E-state index in [9.17, 15) is 9.59 Å². The number of imide groups is 1. The van der Waals surface area contributed by atoms with E-state index in [2.05, 4.69) is 5.32 Å². The second-order valence-electron chi connectivity index (χ2n) is 6.11. The van der Waals surface area contributed by atoms with Crippen LogP contribution in [0.3, 0.4) is 0 Å². The van der Waals surface area contributed by atoms with E-state index in [-0.39, 0.29) is 29.3 Å². The van der Waals surface area contributed by atoms with Gasteiger partial charge < -0.3 is 4.74 Å². The number of carbonyl (C=O) groups is 2. The molecule has 3 unspecified atom stereocenters. The first-order valence-corrected chi connectivity index (χ1v) is 7.09. The summed E-state index contributed by atoms with van der Waals surface area (Å²) in [6.07, 6.45) is 6.02. The van der Waals surface area contributed by atoms with E-state index in [1.54, 1.807) is 0 Å². The summed E-state index contributed by atoms with van der Waals surface area (Å²) < 4.78 is 5.70. The van der Waals surface area contributed by atoms with Crippen LogP contribution in [-0.4, -0.2) is 24.5 Å². The molecule has 1 saturated carbocycles. The average Bonchev–Trinajstić information content (AvgIpc) is 2.91. The van der Waals surface area contributed by atoms with E-state index < -0.39 is 0 Å². The van der Waals surface area contributed by atoms with Crippen molar-refractivity contribution in [3.05, 3.63) is 0 Å². The van der Waals surface area contributed by atoms with Crippen molar-refractivity contribution in [2.45, 2.75) is 51.6 Å². The monoisotopic (exact) mass is 251 g/mol. The van der Waals surface area contributed by atoms with Crippen LogP contribution >= 0.6 is 0 Å². The van der Waals surface area contributed by atoms with Crippen molar-refractivity contribution < 1.29 is 14.3 Å². The Morgan fingerprint density at radius 3 is 2.61 bits per heavy atom. The van der Waals surface area contributed by atoms with Crippen molar-refractivity contribution in [3.8, 4) is 0 Å². The van der Waals surface area contributed by atoms with Crippen molar-refractivity contribution in [2.24, 2.45) is 17.3 Å². The molecule has 3 atom stereocenters. The third-order valence-corrected chi connectivity index (χ3v) is 5.27. The van der Waals surface area contributed by atoms with Crippen LogP contribution in [0.25, 0.3) is 0 Å². The van der Waals surface area contributed by atoms with Gasteiger partial charge in [-0.05, 0) is 32.1 Å². The highest BCUT2D eigenvalue weighted by atomic mass is 16.5. The van der Waals surface area contributed by atoms with E-state index >= 15 is 0 Å². The smallest absolute Gasteiger partial charge is 0.230 e. The largest absolute Gasteiger partial charge is 0.378 e. The summed E-state index contributed by atoms with van der Waals surface area (Å²) >= 11 is 0. The molecule has 0 aromatic carbocycles. The van der Waals surface area contributed by atoms with E-state index in [0.717, 1.165) is 19.3 Å². The van der Waals surface area contributed by atoms with Gasteiger partial charge in [0, 0.05) is 24.4 Å². The minimum absolute atomic E-state index is 0.0183. The zero-order chi connectivity index (χ0) is 12.8. The Balaban J connectivity index is 1.95. The van der Waals surface area contributed by atoms with Gasteiger partial charge in [-0.3, -0.25) is 14.9 Å². The molecule has 4 heteroatoms. The summed E-state index contributed by atoms with van der Waals surface area (Å²) in [6.45, 7) is 2.71. The fourth-order valence-corrected chi connectivity index (χ4v) is 4.34. The third-order valence-electron chi connectivity index (χ3n) is 5.27. The first-order chi connectivity index (χ1) is 8.63. The Bertz CT molecular complexity index is 375. The van der Waals surface area contributed by atoms with Gasteiger partial charge in [-0.2, -0.15) is 0 Å². The van der Waals surface area contributed by atoms with Crippen LogP contribution in [0.4, 0.5) is 0 Å². The highest BCUT2D eigenvalue weighted by Gasteiger charge is 2.57. The molecular weight excluding hydrogens is 230 g/mol. The fraction of sp³-hybridized carbons (Fsp3) is 0.857. The van der Waals surface area contributed by atoms with Crippen molar-refractivity contribution in [2.75, 3.05) is 6.61 Å². The number of nitrogens with one attached hydrogen (secondary N) is 1. The second-order valence-corrected chi connectivity index (χ2v) is 6.11. The minimum atomic E-state index is -0.228. The molecule has 100 valence electrons. The topological polar surface area (TPSA) is 55.4 Å². The summed E-state index contributed by atoms with van der Waals surface area (Å²) in [5.41, 5.74) is -0.228. The van der Waals surface area contributed by atoms with Gasteiger partial charge >= 0.3 is 0 Å². The zero-order valence-corrected chi connectivity index (χ0v) is 10.9. The molecule has 0 aromatic rings. The molecule has 1 N–H and O–H groups in total. The summed E-state index contributed by atoms with van der Waals surface area (Å²) in [4.78, 5) is 24.1. The summed E-state index contributed by atoms with van der Waals surface area (Å²) in [6, 6.07) is 0. The Hall–Kier alpha value is -0.900. The highest BCUT2D eigenvalue weighted by Crippen LogP contribution is 2.52. The Morgan fingerprint density at radius 2 is 2.00 bits per heavy atom. The fourth-order valence-electron chi connectivity index (χ4n) is 4.34. The zero-order valence-electron chi connectivity index (χ0n) is 10.9. The molecule has 3 aliphatic rings. The van der Waals surface area contributed by atoms with Crippen LogP contribution in [0, 0.1) is 17.3 Å². The third kappa shape index (κ3) is 1.69. The lowest BCUT2D eigenvalue weighted by molar-refractivity contribution is -0.149. The molecule has 1 spiro atoms. The van der Waals surface area contributed by atoms with Crippen molar-refractivity contribution in [1.82, 2.24) is 5.32 Å². The van der Waals surface area contributed by atoms with Crippen LogP contribution in [0.1, 0.15) is 45.4 Å². The first kappa shape index (κ1) is 12.2. The van der Waals surface area contributed by atoms with Crippen LogP contribution in [-0.2, 0) is 14.3 Å². The van der Waals surface area contributed by atoms with Crippen molar-refractivity contribution in [1.29, 1.82) is 0 Å². The molecule has 3 rings (SSSR count). The quantitative estimate of drug-likeness (QED) is 0.721. The molecule has 2 amide bonds. The predicted molar refractivity (Wildman–Crippen MR) is 65.7 cm³/mol. The van der Waals surface area contributed by atoms with Gasteiger partial charge in [0.1, 0.15) is 0 Å². The van der Waals surface area contributed by atoms with Gasteiger partial charge in [-0.15, -0.1) is 0 Å². The Morgan fingerprint density at radius 1 is 1.28 bits per heavy atom. The molecule has 0 aromatic heterocycles. The van der Waals surface area contributed by atoms with E-state index in [1.165, 1.54) is 12.8 Å². The van der Waals surface area contributed by atoms with Gasteiger partial charge in [-0.25, -0.2) is 0 Å². The number of hydrogen-bond donors (Lipinski definition) is 1. The lowest BCUT2D eigenvalue weighted by atomic mass is 9.61.